The first-order chi connectivity index (χ1) is 13.3. The van der Waals surface area contributed by atoms with E-state index >= 15 is 0 Å². The van der Waals surface area contributed by atoms with Gasteiger partial charge in [0.15, 0.2) is 24.2 Å². The smallest absolute Gasteiger partial charge is 0.344 e. The van der Waals surface area contributed by atoms with Crippen molar-refractivity contribution in [3.63, 3.8) is 0 Å². The number of benzene rings is 2. The van der Waals surface area contributed by atoms with Crippen LogP contribution >= 0.6 is 0 Å². The summed E-state index contributed by atoms with van der Waals surface area (Å²) < 4.78 is 28.7. The molecule has 0 aliphatic carbocycles. The molecule has 1 amide bonds. The van der Waals surface area contributed by atoms with E-state index in [1.165, 1.54) is 26.2 Å². The highest BCUT2D eigenvalue weighted by Gasteiger charge is 2.20. The summed E-state index contributed by atoms with van der Waals surface area (Å²) in [6, 6.07) is 10.8. The number of methoxy groups -OCH3 is 1. The second kappa shape index (κ2) is 9.73. The number of rotatable bonds is 8. The van der Waals surface area contributed by atoms with Crippen molar-refractivity contribution in [3.8, 4) is 11.5 Å². The number of carbonyl (C=O) groups is 2. The summed E-state index contributed by atoms with van der Waals surface area (Å²) in [5, 5.41) is 2.72. The average molecular weight is 389 g/mol. The highest BCUT2D eigenvalue weighted by Crippen LogP contribution is 2.27. The Bertz CT molecular complexity index is 822. The van der Waals surface area contributed by atoms with Gasteiger partial charge in [-0.25, -0.2) is 9.18 Å². The van der Waals surface area contributed by atoms with Crippen LogP contribution in [0.15, 0.2) is 42.5 Å². The standard InChI is InChI=1S/C21H24FNO5/c1-13-5-10-18(19(11-13)26-4)27-12-20(24)28-15(3)21(25)23-14(2)16-6-8-17(22)9-7-16/h5-11,14-15H,12H2,1-4H3,(H,23,25). The molecule has 0 saturated carbocycles. The van der Waals surface area contributed by atoms with Gasteiger partial charge in [0, 0.05) is 0 Å². The Labute approximate surface area is 163 Å². The fourth-order valence-corrected chi connectivity index (χ4v) is 2.48. The molecule has 28 heavy (non-hydrogen) atoms. The maximum Gasteiger partial charge on any atom is 0.344 e. The van der Waals surface area contributed by atoms with Crippen LogP contribution in [0, 0.1) is 12.7 Å². The van der Waals surface area contributed by atoms with E-state index in [1.54, 1.807) is 31.2 Å². The van der Waals surface area contributed by atoms with Crippen LogP contribution in [0.3, 0.4) is 0 Å². The molecule has 2 unspecified atom stereocenters. The lowest BCUT2D eigenvalue weighted by atomic mass is 10.1. The molecule has 1 N–H and O–H groups in total. The van der Waals surface area contributed by atoms with Gasteiger partial charge in [-0.1, -0.05) is 18.2 Å². The highest BCUT2D eigenvalue weighted by atomic mass is 19.1. The lowest BCUT2D eigenvalue weighted by Gasteiger charge is -2.18. The first-order valence-corrected chi connectivity index (χ1v) is 8.83. The minimum absolute atomic E-state index is 0.352. The fourth-order valence-electron chi connectivity index (χ4n) is 2.48. The number of esters is 1. The predicted molar refractivity (Wildman–Crippen MR) is 102 cm³/mol. The minimum atomic E-state index is -1.00. The zero-order valence-electron chi connectivity index (χ0n) is 16.3. The number of aryl methyl sites for hydroxylation is 1. The SMILES string of the molecule is COc1cc(C)ccc1OCC(=O)OC(C)C(=O)NC(C)c1ccc(F)cc1. The van der Waals surface area contributed by atoms with Gasteiger partial charge in [-0.3, -0.25) is 4.79 Å². The number of ether oxygens (including phenoxy) is 3. The molecule has 2 aromatic carbocycles. The molecule has 0 aliphatic heterocycles. The van der Waals surface area contributed by atoms with Crippen molar-refractivity contribution in [2.75, 3.05) is 13.7 Å². The molecule has 7 heteroatoms. The monoisotopic (exact) mass is 389 g/mol. The van der Waals surface area contributed by atoms with Gasteiger partial charge in [0.1, 0.15) is 5.82 Å². The zero-order valence-corrected chi connectivity index (χ0v) is 16.3. The van der Waals surface area contributed by atoms with Crippen LogP contribution < -0.4 is 14.8 Å². The van der Waals surface area contributed by atoms with Crippen molar-refractivity contribution in [2.45, 2.75) is 32.9 Å². The molecule has 0 bridgehead atoms. The van der Waals surface area contributed by atoms with Crippen molar-refractivity contribution in [2.24, 2.45) is 0 Å². The topological polar surface area (TPSA) is 73.9 Å². The molecular weight excluding hydrogens is 365 g/mol. The molecular formula is C21H24FNO5. The molecule has 2 aromatic rings. The number of amides is 1. The quantitative estimate of drug-likeness (QED) is 0.701. The number of carbonyl (C=O) groups excluding carboxylic acids is 2. The van der Waals surface area contributed by atoms with Crippen LogP contribution in [0.5, 0.6) is 11.5 Å². The maximum atomic E-state index is 13.0. The van der Waals surface area contributed by atoms with Crippen molar-refractivity contribution in [1.82, 2.24) is 5.32 Å². The van der Waals surface area contributed by atoms with Gasteiger partial charge in [-0.15, -0.1) is 0 Å². The van der Waals surface area contributed by atoms with Gasteiger partial charge in [0.25, 0.3) is 5.91 Å². The summed E-state index contributed by atoms with van der Waals surface area (Å²) in [7, 11) is 1.51. The summed E-state index contributed by atoms with van der Waals surface area (Å²) in [5.74, 6) is -0.577. The van der Waals surface area contributed by atoms with Crippen molar-refractivity contribution in [1.29, 1.82) is 0 Å². The molecule has 6 nitrogen and oxygen atoms in total. The lowest BCUT2D eigenvalue weighted by Crippen LogP contribution is -2.38. The largest absolute Gasteiger partial charge is 0.493 e. The van der Waals surface area contributed by atoms with E-state index in [2.05, 4.69) is 5.32 Å². The Morgan fingerprint density at radius 1 is 1.07 bits per heavy atom. The van der Waals surface area contributed by atoms with E-state index < -0.39 is 18.0 Å². The molecule has 2 atom stereocenters. The van der Waals surface area contributed by atoms with E-state index in [9.17, 15) is 14.0 Å². The first-order valence-electron chi connectivity index (χ1n) is 8.83. The molecule has 2 rings (SSSR count). The second-order valence-corrected chi connectivity index (χ2v) is 6.36. The van der Waals surface area contributed by atoms with Crippen LogP contribution in [-0.4, -0.2) is 31.7 Å². The van der Waals surface area contributed by atoms with Gasteiger partial charge in [-0.05, 0) is 56.2 Å². The molecule has 0 saturated heterocycles. The Kier molecular flexibility index (Phi) is 7.37. The molecule has 0 aromatic heterocycles. The normalized spacial score (nSPS) is 12.6. The van der Waals surface area contributed by atoms with E-state index in [-0.39, 0.29) is 18.5 Å². The highest BCUT2D eigenvalue weighted by molar-refractivity contribution is 5.84. The number of nitrogens with one attached hydrogen (secondary N) is 1. The molecule has 0 spiro atoms. The van der Waals surface area contributed by atoms with Gasteiger partial charge >= 0.3 is 5.97 Å². The molecule has 0 heterocycles. The van der Waals surface area contributed by atoms with Gasteiger partial charge in [0.2, 0.25) is 0 Å². The number of hydrogen-bond donors (Lipinski definition) is 1. The summed E-state index contributed by atoms with van der Waals surface area (Å²) in [5.41, 5.74) is 1.73. The van der Waals surface area contributed by atoms with E-state index in [1.807, 2.05) is 13.0 Å². The molecule has 150 valence electrons. The Hall–Kier alpha value is -3.09. The number of halogens is 1. The summed E-state index contributed by atoms with van der Waals surface area (Å²) in [6.45, 7) is 4.78. The summed E-state index contributed by atoms with van der Waals surface area (Å²) >= 11 is 0. The number of hydrogen-bond acceptors (Lipinski definition) is 5. The lowest BCUT2D eigenvalue weighted by molar-refractivity contribution is -0.156. The fraction of sp³-hybridized carbons (Fsp3) is 0.333. The Morgan fingerprint density at radius 3 is 2.39 bits per heavy atom. The van der Waals surface area contributed by atoms with Crippen LogP contribution in [-0.2, 0) is 14.3 Å². The van der Waals surface area contributed by atoms with E-state index in [0.29, 0.717) is 11.5 Å². The second-order valence-electron chi connectivity index (χ2n) is 6.36. The summed E-state index contributed by atoms with van der Waals surface area (Å²) in [4.78, 5) is 24.2. The van der Waals surface area contributed by atoms with Crippen LogP contribution in [0.2, 0.25) is 0 Å². The van der Waals surface area contributed by atoms with Gasteiger partial charge in [-0.2, -0.15) is 0 Å². The first kappa shape index (κ1) is 21.2. The van der Waals surface area contributed by atoms with Crippen LogP contribution in [0.25, 0.3) is 0 Å². The zero-order chi connectivity index (χ0) is 20.7. The Balaban J connectivity index is 1.84. The van der Waals surface area contributed by atoms with E-state index in [4.69, 9.17) is 14.2 Å². The van der Waals surface area contributed by atoms with Gasteiger partial charge in [0.05, 0.1) is 13.2 Å². The third kappa shape index (κ3) is 5.97. The van der Waals surface area contributed by atoms with Crippen LogP contribution in [0.1, 0.15) is 31.0 Å². The van der Waals surface area contributed by atoms with Crippen LogP contribution in [0.4, 0.5) is 4.39 Å². The van der Waals surface area contributed by atoms with Gasteiger partial charge < -0.3 is 19.5 Å². The Morgan fingerprint density at radius 2 is 1.75 bits per heavy atom. The van der Waals surface area contributed by atoms with Crippen molar-refractivity contribution < 1.29 is 28.2 Å². The third-order valence-electron chi connectivity index (χ3n) is 4.07. The van der Waals surface area contributed by atoms with E-state index in [0.717, 1.165) is 11.1 Å². The predicted octanol–water partition coefficient (Wildman–Crippen LogP) is 3.33. The van der Waals surface area contributed by atoms with Crippen molar-refractivity contribution in [3.05, 3.63) is 59.4 Å². The minimum Gasteiger partial charge on any atom is -0.493 e. The third-order valence-corrected chi connectivity index (χ3v) is 4.07. The maximum absolute atomic E-state index is 13.0. The molecule has 0 fully saturated rings. The molecule has 0 aliphatic rings. The van der Waals surface area contributed by atoms with Crippen molar-refractivity contribution >= 4 is 11.9 Å². The summed E-state index contributed by atoms with van der Waals surface area (Å²) in [6.07, 6.45) is -1.00. The molecule has 0 radical (unpaired) electrons. The average Bonchev–Trinajstić information content (AvgIpc) is 2.67.